The molecule has 0 unspecified atom stereocenters. The van der Waals surface area contributed by atoms with Gasteiger partial charge in [0.2, 0.25) is 5.91 Å². The van der Waals surface area contributed by atoms with E-state index in [0.29, 0.717) is 0 Å². The summed E-state index contributed by atoms with van der Waals surface area (Å²) in [7, 11) is 0. The van der Waals surface area contributed by atoms with Crippen LogP contribution in [0.3, 0.4) is 0 Å². The molecule has 3 heterocycles. The van der Waals surface area contributed by atoms with Crippen LogP contribution in [0.25, 0.3) is 0 Å². The lowest BCUT2D eigenvalue weighted by Crippen LogP contribution is -2.42. The SMILES string of the molecule is CC[C@H]1c2ccsc2CCN1C(=O)Cn1ccc(C)cc1=O. The Bertz CT molecular complexity index is 747. The van der Waals surface area contributed by atoms with Crippen LogP contribution in [0, 0.1) is 6.92 Å². The van der Waals surface area contributed by atoms with Crippen molar-refractivity contribution in [3.05, 3.63) is 56.1 Å². The number of aromatic nitrogens is 1. The highest BCUT2D eigenvalue weighted by atomic mass is 32.1. The van der Waals surface area contributed by atoms with Crippen molar-refractivity contribution in [2.75, 3.05) is 6.54 Å². The molecule has 0 aliphatic carbocycles. The molecule has 4 nitrogen and oxygen atoms in total. The third-order valence-electron chi connectivity index (χ3n) is 4.26. The van der Waals surface area contributed by atoms with Crippen molar-refractivity contribution in [2.45, 2.75) is 39.3 Å². The van der Waals surface area contributed by atoms with Crippen LogP contribution in [-0.4, -0.2) is 21.9 Å². The Labute approximate surface area is 134 Å². The summed E-state index contributed by atoms with van der Waals surface area (Å²) in [6.45, 7) is 4.85. The van der Waals surface area contributed by atoms with Gasteiger partial charge in [-0.3, -0.25) is 9.59 Å². The highest BCUT2D eigenvalue weighted by molar-refractivity contribution is 7.10. The predicted molar refractivity (Wildman–Crippen MR) is 88.2 cm³/mol. The summed E-state index contributed by atoms with van der Waals surface area (Å²) in [5, 5.41) is 2.10. The third-order valence-corrected chi connectivity index (χ3v) is 5.26. The van der Waals surface area contributed by atoms with Gasteiger partial charge in [-0.1, -0.05) is 6.92 Å². The number of thiophene rings is 1. The van der Waals surface area contributed by atoms with Crippen LogP contribution >= 0.6 is 11.3 Å². The molecule has 2 aromatic rings. The van der Waals surface area contributed by atoms with Crippen LogP contribution in [-0.2, 0) is 17.8 Å². The molecular formula is C17H20N2O2S. The van der Waals surface area contributed by atoms with E-state index < -0.39 is 0 Å². The molecule has 0 radical (unpaired) electrons. The molecule has 1 aliphatic heterocycles. The van der Waals surface area contributed by atoms with E-state index in [1.807, 2.05) is 17.9 Å². The summed E-state index contributed by atoms with van der Waals surface area (Å²) in [5.41, 5.74) is 2.08. The van der Waals surface area contributed by atoms with E-state index >= 15 is 0 Å². The van der Waals surface area contributed by atoms with Crippen molar-refractivity contribution < 1.29 is 4.79 Å². The molecule has 0 aromatic carbocycles. The van der Waals surface area contributed by atoms with Gasteiger partial charge in [-0.05, 0) is 48.4 Å². The molecule has 22 heavy (non-hydrogen) atoms. The minimum Gasteiger partial charge on any atom is -0.334 e. The summed E-state index contributed by atoms with van der Waals surface area (Å²) in [4.78, 5) is 28.0. The van der Waals surface area contributed by atoms with Crippen LogP contribution in [0.2, 0.25) is 0 Å². The lowest BCUT2D eigenvalue weighted by Gasteiger charge is -2.35. The first-order valence-electron chi connectivity index (χ1n) is 7.63. The van der Waals surface area contributed by atoms with Crippen molar-refractivity contribution in [1.29, 1.82) is 0 Å². The fraction of sp³-hybridized carbons (Fsp3) is 0.412. The number of aryl methyl sites for hydroxylation is 1. The zero-order chi connectivity index (χ0) is 15.7. The van der Waals surface area contributed by atoms with Crippen molar-refractivity contribution in [3.63, 3.8) is 0 Å². The molecule has 0 saturated carbocycles. The largest absolute Gasteiger partial charge is 0.334 e. The average Bonchev–Trinajstić information content (AvgIpc) is 2.97. The number of carbonyl (C=O) groups is 1. The molecule has 0 fully saturated rings. The first kappa shape index (κ1) is 15.0. The smallest absolute Gasteiger partial charge is 0.251 e. The van der Waals surface area contributed by atoms with Crippen LogP contribution in [0.4, 0.5) is 0 Å². The maximum absolute atomic E-state index is 12.7. The number of carbonyl (C=O) groups excluding carboxylic acids is 1. The van der Waals surface area contributed by atoms with Gasteiger partial charge in [-0.15, -0.1) is 11.3 Å². The van der Waals surface area contributed by atoms with Crippen molar-refractivity contribution in [3.8, 4) is 0 Å². The monoisotopic (exact) mass is 316 g/mol. The molecule has 1 amide bonds. The molecule has 116 valence electrons. The second-order valence-corrected chi connectivity index (χ2v) is 6.73. The van der Waals surface area contributed by atoms with Gasteiger partial charge in [0.25, 0.3) is 5.56 Å². The standard InChI is InChI=1S/C17H20N2O2S/c1-3-14-13-6-9-22-15(13)5-8-19(14)17(21)11-18-7-4-12(2)10-16(18)20/h4,6-7,9-10,14H,3,5,8,11H2,1-2H3/t14-/m0/s1. The molecule has 0 saturated heterocycles. The molecule has 1 atom stereocenters. The lowest BCUT2D eigenvalue weighted by molar-refractivity contribution is -0.134. The number of nitrogens with zero attached hydrogens (tertiary/aromatic N) is 2. The highest BCUT2D eigenvalue weighted by Gasteiger charge is 2.30. The summed E-state index contributed by atoms with van der Waals surface area (Å²) < 4.78 is 1.49. The minimum atomic E-state index is -0.116. The van der Waals surface area contributed by atoms with Crippen LogP contribution in [0.5, 0.6) is 0 Å². The molecule has 0 bridgehead atoms. The van der Waals surface area contributed by atoms with E-state index in [4.69, 9.17) is 0 Å². The minimum absolute atomic E-state index is 0.0228. The fourth-order valence-corrected chi connectivity index (χ4v) is 4.04. The lowest BCUT2D eigenvalue weighted by atomic mass is 9.98. The van der Waals surface area contributed by atoms with Crippen LogP contribution in [0.15, 0.2) is 34.6 Å². The van der Waals surface area contributed by atoms with E-state index in [1.165, 1.54) is 15.0 Å². The Hall–Kier alpha value is -1.88. The van der Waals surface area contributed by atoms with Gasteiger partial charge in [-0.25, -0.2) is 0 Å². The summed E-state index contributed by atoms with van der Waals surface area (Å²) in [6, 6.07) is 5.70. The molecule has 0 N–H and O–H groups in total. The number of amides is 1. The molecule has 2 aromatic heterocycles. The maximum atomic E-state index is 12.7. The number of hydrogen-bond acceptors (Lipinski definition) is 3. The van der Waals surface area contributed by atoms with Gasteiger partial charge >= 0.3 is 0 Å². The van der Waals surface area contributed by atoms with Gasteiger partial charge in [0, 0.05) is 23.7 Å². The van der Waals surface area contributed by atoms with Crippen LogP contribution in [0.1, 0.15) is 35.4 Å². The second-order valence-electron chi connectivity index (χ2n) is 5.73. The number of fused-ring (bicyclic) bond motifs is 1. The first-order valence-corrected chi connectivity index (χ1v) is 8.51. The normalized spacial score (nSPS) is 17.4. The van der Waals surface area contributed by atoms with Crippen molar-refractivity contribution >= 4 is 17.2 Å². The summed E-state index contributed by atoms with van der Waals surface area (Å²) >= 11 is 1.77. The quantitative estimate of drug-likeness (QED) is 0.874. The predicted octanol–water partition coefficient (Wildman–Crippen LogP) is 2.75. The highest BCUT2D eigenvalue weighted by Crippen LogP contribution is 2.35. The number of pyridine rings is 1. The number of hydrogen-bond donors (Lipinski definition) is 0. The van der Waals surface area contributed by atoms with E-state index in [9.17, 15) is 9.59 Å². The molecule has 5 heteroatoms. The van der Waals surface area contributed by atoms with Crippen molar-refractivity contribution in [2.24, 2.45) is 0 Å². The number of rotatable bonds is 3. The fourth-order valence-electron chi connectivity index (χ4n) is 3.11. The Kier molecular flexibility index (Phi) is 4.16. The van der Waals surface area contributed by atoms with Crippen molar-refractivity contribution in [1.82, 2.24) is 9.47 Å². The first-order chi connectivity index (χ1) is 10.6. The summed E-state index contributed by atoms with van der Waals surface area (Å²) in [5.74, 6) is 0.0228. The van der Waals surface area contributed by atoms with E-state index in [2.05, 4.69) is 18.4 Å². The van der Waals surface area contributed by atoms with Gasteiger partial charge in [0.1, 0.15) is 6.54 Å². The Balaban J connectivity index is 1.82. The van der Waals surface area contributed by atoms with Gasteiger partial charge in [0.05, 0.1) is 6.04 Å². The topological polar surface area (TPSA) is 42.3 Å². The zero-order valence-corrected chi connectivity index (χ0v) is 13.7. The second kappa shape index (κ2) is 6.08. The maximum Gasteiger partial charge on any atom is 0.251 e. The zero-order valence-electron chi connectivity index (χ0n) is 12.9. The molecule has 0 spiro atoms. The van der Waals surface area contributed by atoms with E-state index in [1.54, 1.807) is 23.6 Å². The molecular weight excluding hydrogens is 296 g/mol. The average molecular weight is 316 g/mol. The Morgan fingerprint density at radius 2 is 2.23 bits per heavy atom. The van der Waals surface area contributed by atoms with Gasteiger partial charge in [-0.2, -0.15) is 0 Å². The van der Waals surface area contributed by atoms with Gasteiger partial charge < -0.3 is 9.47 Å². The van der Waals surface area contributed by atoms with E-state index in [-0.39, 0.29) is 24.1 Å². The molecule has 1 aliphatic rings. The van der Waals surface area contributed by atoms with Gasteiger partial charge in [0.15, 0.2) is 0 Å². The Morgan fingerprint density at radius 3 is 2.95 bits per heavy atom. The molecule has 3 rings (SSSR count). The van der Waals surface area contributed by atoms with Crippen LogP contribution < -0.4 is 5.56 Å². The Morgan fingerprint density at radius 1 is 1.41 bits per heavy atom. The summed E-state index contributed by atoms with van der Waals surface area (Å²) in [6.07, 6.45) is 3.52. The van der Waals surface area contributed by atoms with E-state index in [0.717, 1.165) is 24.9 Å². The third kappa shape index (κ3) is 2.73.